The van der Waals surface area contributed by atoms with Crippen LogP contribution in [-0.4, -0.2) is 62.0 Å². The lowest BCUT2D eigenvalue weighted by Gasteiger charge is -2.32. The number of halogens is 3. The molecule has 37 heavy (non-hydrogen) atoms. The second-order valence-corrected chi connectivity index (χ2v) is 11.5. The van der Waals surface area contributed by atoms with Gasteiger partial charge in [0.25, 0.3) is 5.56 Å². The smallest absolute Gasteiger partial charge is 0.387 e. The fourth-order valence-corrected chi connectivity index (χ4v) is 6.53. The van der Waals surface area contributed by atoms with Crippen LogP contribution in [-0.2, 0) is 21.2 Å². The summed E-state index contributed by atoms with van der Waals surface area (Å²) >= 11 is 6.36. The number of nitrogens with zero attached hydrogens (tertiary/aromatic N) is 3. The van der Waals surface area contributed by atoms with E-state index in [1.54, 1.807) is 6.07 Å². The quantitative estimate of drug-likeness (QED) is 0.496. The maximum atomic E-state index is 13.3. The first kappa shape index (κ1) is 27.7. The van der Waals surface area contributed by atoms with E-state index in [0.29, 0.717) is 49.6 Å². The number of benzene rings is 1. The second kappa shape index (κ2) is 12.1. The Morgan fingerprint density at radius 3 is 2.68 bits per heavy atom. The van der Waals surface area contributed by atoms with Crippen molar-refractivity contribution in [2.24, 2.45) is 5.92 Å². The highest BCUT2D eigenvalue weighted by Gasteiger charge is 2.33. The molecule has 2 fully saturated rings. The van der Waals surface area contributed by atoms with Crippen molar-refractivity contribution in [3.8, 4) is 5.75 Å². The lowest BCUT2D eigenvalue weighted by molar-refractivity contribution is -0.0518. The van der Waals surface area contributed by atoms with Crippen LogP contribution in [0.3, 0.4) is 0 Å². The van der Waals surface area contributed by atoms with Crippen LogP contribution in [0.5, 0.6) is 5.75 Å². The Balaban J connectivity index is 1.45. The second-order valence-electron chi connectivity index (χ2n) is 9.23. The molecule has 1 atom stereocenters. The van der Waals surface area contributed by atoms with Gasteiger partial charge in [0.2, 0.25) is 10.0 Å². The Morgan fingerprint density at radius 1 is 1.27 bits per heavy atom. The topological polar surface area (TPSA) is 103 Å². The summed E-state index contributed by atoms with van der Waals surface area (Å²) in [6.07, 6.45) is 4.71. The molecule has 3 heterocycles. The summed E-state index contributed by atoms with van der Waals surface area (Å²) in [4.78, 5) is 12.7. The molecule has 0 amide bonds. The highest BCUT2D eigenvalue weighted by Crippen LogP contribution is 2.33. The van der Waals surface area contributed by atoms with Crippen molar-refractivity contribution >= 4 is 27.3 Å². The van der Waals surface area contributed by atoms with Gasteiger partial charge in [-0.2, -0.15) is 18.2 Å². The zero-order valence-corrected chi connectivity index (χ0v) is 22.1. The Labute approximate surface area is 219 Å². The summed E-state index contributed by atoms with van der Waals surface area (Å²) in [6.45, 7) is 0.919. The third-order valence-corrected chi connectivity index (χ3v) is 9.08. The molecule has 0 unspecified atom stereocenters. The molecule has 204 valence electrons. The number of sulfonamides is 1. The normalized spacial score (nSPS) is 19.8. The standard InChI is InChI=1S/C24H31ClF2N4O5S/c1-2-16-5-6-20(36-24(26)27)21(12-16)37(33,34)30-9-7-18(8-10-30)31-23(32)22(25)19(14-29-31)28-13-17-4-3-11-35-15-17/h5-6,12,14,17-18,24,28H,2-4,7-11,13,15H2,1H3/t17-/m1/s1. The molecule has 2 aliphatic heterocycles. The molecule has 2 aromatic rings. The van der Waals surface area contributed by atoms with Crippen LogP contribution < -0.4 is 15.6 Å². The molecule has 9 nitrogen and oxygen atoms in total. The van der Waals surface area contributed by atoms with Crippen LogP contribution in [0.25, 0.3) is 0 Å². The monoisotopic (exact) mass is 560 g/mol. The van der Waals surface area contributed by atoms with E-state index >= 15 is 0 Å². The fourth-order valence-electron chi connectivity index (χ4n) is 4.68. The maximum absolute atomic E-state index is 13.3. The predicted molar refractivity (Wildman–Crippen MR) is 135 cm³/mol. The Bertz CT molecular complexity index is 1250. The number of hydrogen-bond donors (Lipinski definition) is 1. The molecule has 2 saturated heterocycles. The highest BCUT2D eigenvalue weighted by molar-refractivity contribution is 7.89. The number of aromatic nitrogens is 2. The lowest BCUT2D eigenvalue weighted by atomic mass is 10.0. The van der Waals surface area contributed by atoms with Gasteiger partial charge in [0, 0.05) is 26.2 Å². The summed E-state index contributed by atoms with van der Waals surface area (Å²) < 4.78 is 65.0. The molecule has 0 saturated carbocycles. The first-order valence-corrected chi connectivity index (χ1v) is 14.2. The van der Waals surface area contributed by atoms with E-state index in [4.69, 9.17) is 16.3 Å². The highest BCUT2D eigenvalue weighted by atomic mass is 35.5. The summed E-state index contributed by atoms with van der Waals surface area (Å²) in [7, 11) is -4.10. The number of piperidine rings is 1. The number of hydrogen-bond acceptors (Lipinski definition) is 7. The molecule has 0 aliphatic carbocycles. The van der Waals surface area contributed by atoms with Crippen molar-refractivity contribution in [2.45, 2.75) is 56.6 Å². The van der Waals surface area contributed by atoms with Crippen LogP contribution >= 0.6 is 11.6 Å². The van der Waals surface area contributed by atoms with Gasteiger partial charge in [0.05, 0.1) is 24.5 Å². The van der Waals surface area contributed by atoms with Crippen LogP contribution in [0.1, 0.15) is 44.2 Å². The van der Waals surface area contributed by atoms with E-state index in [2.05, 4.69) is 15.2 Å². The molecule has 1 aromatic carbocycles. The summed E-state index contributed by atoms with van der Waals surface area (Å²) in [5.74, 6) is -0.0509. The number of alkyl halides is 2. The minimum atomic E-state index is -4.10. The molecular formula is C24H31ClF2N4O5S. The summed E-state index contributed by atoms with van der Waals surface area (Å²) in [5.41, 5.74) is 0.692. The van der Waals surface area contributed by atoms with Gasteiger partial charge in [-0.1, -0.05) is 24.6 Å². The van der Waals surface area contributed by atoms with Gasteiger partial charge in [-0.3, -0.25) is 4.79 Å². The first-order valence-electron chi connectivity index (χ1n) is 12.4. The minimum Gasteiger partial charge on any atom is -0.433 e. The van der Waals surface area contributed by atoms with Gasteiger partial charge in [0.15, 0.2) is 0 Å². The average molecular weight is 561 g/mol. The van der Waals surface area contributed by atoms with Gasteiger partial charge >= 0.3 is 6.61 Å². The van der Waals surface area contributed by atoms with E-state index in [1.165, 1.54) is 27.3 Å². The van der Waals surface area contributed by atoms with Crippen LogP contribution in [0.2, 0.25) is 5.02 Å². The molecule has 4 rings (SSSR count). The molecule has 1 aromatic heterocycles. The summed E-state index contributed by atoms with van der Waals surface area (Å²) in [5, 5.41) is 7.52. The van der Waals surface area contributed by atoms with Gasteiger partial charge < -0.3 is 14.8 Å². The van der Waals surface area contributed by atoms with Crippen molar-refractivity contribution in [1.29, 1.82) is 0 Å². The lowest BCUT2D eigenvalue weighted by Crippen LogP contribution is -2.41. The van der Waals surface area contributed by atoms with Crippen LogP contribution in [0.15, 0.2) is 34.1 Å². The zero-order valence-electron chi connectivity index (χ0n) is 20.5. The molecule has 1 N–H and O–H groups in total. The van der Waals surface area contributed by atoms with Gasteiger partial charge in [0.1, 0.15) is 15.7 Å². The molecule has 13 heteroatoms. The minimum absolute atomic E-state index is 0.0342. The van der Waals surface area contributed by atoms with Crippen molar-refractivity contribution in [3.63, 3.8) is 0 Å². The zero-order chi connectivity index (χ0) is 26.6. The van der Waals surface area contributed by atoms with E-state index < -0.39 is 22.2 Å². The number of nitrogens with one attached hydrogen (secondary N) is 1. The molecule has 0 radical (unpaired) electrons. The predicted octanol–water partition coefficient (Wildman–Crippen LogP) is 3.92. The summed E-state index contributed by atoms with van der Waals surface area (Å²) in [6, 6.07) is 3.84. The number of rotatable bonds is 9. The van der Waals surface area contributed by atoms with Crippen LogP contribution in [0.4, 0.5) is 14.5 Å². The fraction of sp³-hybridized carbons (Fsp3) is 0.583. The van der Waals surface area contributed by atoms with Crippen LogP contribution in [0, 0.1) is 5.92 Å². The third kappa shape index (κ3) is 6.42. The largest absolute Gasteiger partial charge is 0.433 e. The van der Waals surface area contributed by atoms with Crippen molar-refractivity contribution in [2.75, 3.05) is 38.2 Å². The number of anilines is 1. The van der Waals surface area contributed by atoms with E-state index in [9.17, 15) is 22.0 Å². The van der Waals surface area contributed by atoms with Crippen molar-refractivity contribution in [1.82, 2.24) is 14.1 Å². The Morgan fingerprint density at radius 2 is 2.03 bits per heavy atom. The Hall–Kier alpha value is -2.28. The van der Waals surface area contributed by atoms with Crippen molar-refractivity contribution in [3.05, 3.63) is 45.3 Å². The molecule has 0 bridgehead atoms. The number of ether oxygens (including phenoxy) is 2. The van der Waals surface area contributed by atoms with E-state index in [1.807, 2.05) is 6.92 Å². The van der Waals surface area contributed by atoms with Gasteiger partial charge in [-0.15, -0.1) is 0 Å². The first-order chi connectivity index (χ1) is 17.7. The number of aryl methyl sites for hydroxylation is 1. The van der Waals surface area contributed by atoms with E-state index in [-0.39, 0.29) is 34.8 Å². The molecular weight excluding hydrogens is 530 g/mol. The third-order valence-electron chi connectivity index (χ3n) is 6.80. The maximum Gasteiger partial charge on any atom is 0.387 e. The van der Waals surface area contributed by atoms with Gasteiger partial charge in [-0.05, 0) is 55.7 Å². The Kier molecular flexibility index (Phi) is 9.04. The van der Waals surface area contributed by atoms with Gasteiger partial charge in [-0.25, -0.2) is 13.1 Å². The SMILES string of the molecule is CCc1ccc(OC(F)F)c(S(=O)(=O)N2CCC(n3ncc(NC[C@H]4CCCOC4)c(Cl)c3=O)CC2)c1. The van der Waals surface area contributed by atoms with E-state index in [0.717, 1.165) is 19.4 Å². The van der Waals surface area contributed by atoms with Crippen molar-refractivity contribution < 1.29 is 26.7 Å². The molecule has 2 aliphatic rings. The molecule has 0 spiro atoms. The average Bonchev–Trinajstić information content (AvgIpc) is 2.90.